The second kappa shape index (κ2) is 7.89. The number of aromatic nitrogens is 2. The zero-order chi connectivity index (χ0) is 19.5. The van der Waals surface area contributed by atoms with E-state index in [1.54, 1.807) is 0 Å². The maximum Gasteiger partial charge on any atom is 0.119 e. The van der Waals surface area contributed by atoms with Gasteiger partial charge in [0.05, 0.1) is 17.6 Å². The maximum atomic E-state index is 6.04. The molecule has 0 radical (unpaired) electrons. The van der Waals surface area contributed by atoms with Gasteiger partial charge in [0.25, 0.3) is 0 Å². The van der Waals surface area contributed by atoms with Crippen LogP contribution in [0.4, 0.5) is 0 Å². The van der Waals surface area contributed by atoms with Crippen molar-refractivity contribution >= 4 is 11.0 Å². The van der Waals surface area contributed by atoms with Gasteiger partial charge < -0.3 is 9.30 Å². The second-order valence-electron chi connectivity index (χ2n) is 7.37. The molecule has 0 saturated carbocycles. The fourth-order valence-electron chi connectivity index (χ4n) is 3.55. The predicted molar refractivity (Wildman–Crippen MR) is 115 cm³/mol. The molecule has 1 aromatic heterocycles. The summed E-state index contributed by atoms with van der Waals surface area (Å²) in [5.74, 6) is 2.01. The van der Waals surface area contributed by atoms with Crippen molar-refractivity contribution in [2.75, 3.05) is 6.61 Å². The molecular formula is C25H26N2O. The molecule has 0 fully saturated rings. The van der Waals surface area contributed by atoms with Crippen LogP contribution in [0.5, 0.6) is 5.75 Å². The van der Waals surface area contributed by atoms with Crippen molar-refractivity contribution < 1.29 is 4.74 Å². The summed E-state index contributed by atoms with van der Waals surface area (Å²) in [6.45, 7) is 7.78. The Morgan fingerprint density at radius 1 is 0.821 bits per heavy atom. The standard InChI is InChI=1S/C25H26N2O/c1-18-12-13-22(16-20(18)3)28-15-14-27-24-11-7-6-10-23(24)26-25(27)17-21-9-5-4-8-19(21)2/h4-13,16H,14-15,17H2,1-3H3. The number of benzene rings is 3. The number of nitrogens with zero attached hydrogens (tertiary/aromatic N) is 2. The molecule has 28 heavy (non-hydrogen) atoms. The first kappa shape index (κ1) is 18.3. The van der Waals surface area contributed by atoms with E-state index < -0.39 is 0 Å². The molecule has 0 aliphatic rings. The van der Waals surface area contributed by atoms with Gasteiger partial charge in [-0.15, -0.1) is 0 Å². The molecule has 0 spiro atoms. The van der Waals surface area contributed by atoms with E-state index in [9.17, 15) is 0 Å². The minimum atomic E-state index is 0.615. The van der Waals surface area contributed by atoms with Crippen LogP contribution in [0, 0.1) is 20.8 Å². The summed E-state index contributed by atoms with van der Waals surface area (Å²) in [7, 11) is 0. The highest BCUT2D eigenvalue weighted by Gasteiger charge is 2.12. The molecule has 142 valence electrons. The Morgan fingerprint density at radius 2 is 1.61 bits per heavy atom. The number of para-hydroxylation sites is 2. The molecule has 0 saturated heterocycles. The summed E-state index contributed by atoms with van der Waals surface area (Å²) in [4.78, 5) is 4.91. The molecule has 3 aromatic carbocycles. The first-order valence-corrected chi connectivity index (χ1v) is 9.80. The Labute approximate surface area is 166 Å². The van der Waals surface area contributed by atoms with Gasteiger partial charge in [0.1, 0.15) is 18.2 Å². The van der Waals surface area contributed by atoms with Gasteiger partial charge in [0.2, 0.25) is 0 Å². The van der Waals surface area contributed by atoms with E-state index in [1.165, 1.54) is 22.3 Å². The summed E-state index contributed by atoms with van der Waals surface area (Å²) in [6.07, 6.45) is 0.824. The van der Waals surface area contributed by atoms with Crippen molar-refractivity contribution in [3.8, 4) is 5.75 Å². The monoisotopic (exact) mass is 370 g/mol. The van der Waals surface area contributed by atoms with E-state index in [1.807, 2.05) is 12.1 Å². The third-order valence-electron chi connectivity index (χ3n) is 5.41. The van der Waals surface area contributed by atoms with Gasteiger partial charge >= 0.3 is 0 Å². The summed E-state index contributed by atoms with van der Waals surface area (Å²) < 4.78 is 8.34. The molecule has 4 rings (SSSR count). The highest BCUT2D eigenvalue weighted by molar-refractivity contribution is 5.76. The largest absolute Gasteiger partial charge is 0.492 e. The van der Waals surface area contributed by atoms with Gasteiger partial charge in [-0.3, -0.25) is 0 Å². The smallest absolute Gasteiger partial charge is 0.119 e. The molecule has 0 aliphatic carbocycles. The lowest BCUT2D eigenvalue weighted by Gasteiger charge is -2.12. The van der Waals surface area contributed by atoms with E-state index in [-0.39, 0.29) is 0 Å². The molecule has 0 bridgehead atoms. The fraction of sp³-hybridized carbons (Fsp3) is 0.240. The third-order valence-corrected chi connectivity index (χ3v) is 5.41. The molecular weight excluding hydrogens is 344 g/mol. The Morgan fingerprint density at radius 3 is 2.43 bits per heavy atom. The first-order valence-electron chi connectivity index (χ1n) is 9.80. The van der Waals surface area contributed by atoms with E-state index >= 15 is 0 Å². The van der Waals surface area contributed by atoms with Crippen LogP contribution in [-0.2, 0) is 13.0 Å². The van der Waals surface area contributed by atoms with Crippen LogP contribution in [0.2, 0.25) is 0 Å². The number of ether oxygens (including phenoxy) is 1. The van der Waals surface area contributed by atoms with Crippen LogP contribution in [0.15, 0.2) is 66.7 Å². The lowest BCUT2D eigenvalue weighted by atomic mass is 10.1. The quantitative estimate of drug-likeness (QED) is 0.440. The van der Waals surface area contributed by atoms with Crippen molar-refractivity contribution in [2.24, 2.45) is 0 Å². The minimum Gasteiger partial charge on any atom is -0.492 e. The average molecular weight is 370 g/mol. The molecule has 0 N–H and O–H groups in total. The van der Waals surface area contributed by atoms with Gasteiger partial charge in [-0.05, 0) is 67.3 Å². The summed E-state index contributed by atoms with van der Waals surface area (Å²) in [5, 5.41) is 0. The molecule has 0 aliphatic heterocycles. The van der Waals surface area contributed by atoms with Gasteiger partial charge in [0, 0.05) is 6.42 Å². The lowest BCUT2D eigenvalue weighted by Crippen LogP contribution is -2.12. The Balaban J connectivity index is 1.58. The Hall–Kier alpha value is -3.07. The van der Waals surface area contributed by atoms with Crippen molar-refractivity contribution in [1.29, 1.82) is 0 Å². The van der Waals surface area contributed by atoms with Crippen molar-refractivity contribution in [3.63, 3.8) is 0 Å². The third kappa shape index (κ3) is 3.79. The number of hydrogen-bond donors (Lipinski definition) is 0. The Kier molecular flexibility index (Phi) is 5.16. The van der Waals surface area contributed by atoms with Crippen molar-refractivity contribution in [3.05, 3.63) is 94.8 Å². The zero-order valence-corrected chi connectivity index (χ0v) is 16.8. The summed E-state index contributed by atoms with van der Waals surface area (Å²) >= 11 is 0. The van der Waals surface area contributed by atoms with Crippen molar-refractivity contribution in [1.82, 2.24) is 9.55 Å². The number of fused-ring (bicyclic) bond motifs is 1. The average Bonchev–Trinajstić information content (AvgIpc) is 3.04. The predicted octanol–water partition coefficient (Wildman–Crippen LogP) is 5.63. The number of rotatable bonds is 6. The number of aryl methyl sites for hydroxylation is 3. The highest BCUT2D eigenvalue weighted by atomic mass is 16.5. The molecule has 3 nitrogen and oxygen atoms in total. The second-order valence-corrected chi connectivity index (χ2v) is 7.37. The van der Waals surface area contributed by atoms with Gasteiger partial charge in [-0.25, -0.2) is 4.98 Å². The molecule has 0 amide bonds. The highest BCUT2D eigenvalue weighted by Crippen LogP contribution is 2.21. The van der Waals surface area contributed by atoms with Crippen LogP contribution in [-0.4, -0.2) is 16.2 Å². The van der Waals surface area contributed by atoms with Gasteiger partial charge in [-0.1, -0.05) is 42.5 Å². The normalized spacial score (nSPS) is 11.1. The SMILES string of the molecule is Cc1ccc(OCCn2c(Cc3ccccc3C)nc3ccccc32)cc1C. The zero-order valence-electron chi connectivity index (χ0n) is 16.8. The minimum absolute atomic E-state index is 0.615. The summed E-state index contributed by atoms with van der Waals surface area (Å²) in [6, 6.07) is 23.1. The van der Waals surface area contributed by atoms with Crippen LogP contribution >= 0.6 is 0 Å². The van der Waals surface area contributed by atoms with Crippen LogP contribution in [0.25, 0.3) is 11.0 Å². The Bertz CT molecular complexity index is 1110. The molecule has 4 aromatic rings. The van der Waals surface area contributed by atoms with Crippen LogP contribution in [0.1, 0.15) is 28.1 Å². The number of hydrogen-bond acceptors (Lipinski definition) is 2. The van der Waals surface area contributed by atoms with E-state index in [0.717, 1.165) is 35.6 Å². The maximum absolute atomic E-state index is 6.04. The van der Waals surface area contributed by atoms with E-state index in [0.29, 0.717) is 6.61 Å². The first-order chi connectivity index (χ1) is 13.6. The molecule has 1 heterocycles. The summed E-state index contributed by atoms with van der Waals surface area (Å²) in [5.41, 5.74) is 7.35. The van der Waals surface area contributed by atoms with Crippen LogP contribution in [0.3, 0.4) is 0 Å². The molecule has 0 atom stereocenters. The molecule has 0 unspecified atom stereocenters. The van der Waals surface area contributed by atoms with E-state index in [4.69, 9.17) is 9.72 Å². The van der Waals surface area contributed by atoms with Gasteiger partial charge in [-0.2, -0.15) is 0 Å². The van der Waals surface area contributed by atoms with E-state index in [2.05, 4.69) is 79.9 Å². The fourth-order valence-corrected chi connectivity index (χ4v) is 3.55. The van der Waals surface area contributed by atoms with Gasteiger partial charge in [0.15, 0.2) is 0 Å². The molecule has 3 heteroatoms. The topological polar surface area (TPSA) is 27.1 Å². The lowest BCUT2D eigenvalue weighted by molar-refractivity contribution is 0.298. The van der Waals surface area contributed by atoms with Crippen LogP contribution < -0.4 is 4.74 Å². The number of imidazole rings is 1. The van der Waals surface area contributed by atoms with Crippen molar-refractivity contribution in [2.45, 2.75) is 33.7 Å².